The molecule has 9 heteroatoms. The highest BCUT2D eigenvalue weighted by Crippen LogP contribution is 2.20. The second-order valence-electron chi connectivity index (χ2n) is 7.08. The Morgan fingerprint density at radius 1 is 1.33 bits per heavy atom. The number of nitrogens with zero attached hydrogens (tertiary/aromatic N) is 1. The van der Waals surface area contributed by atoms with E-state index in [1.165, 1.54) is 0 Å². The zero-order chi connectivity index (χ0) is 19.3. The molecule has 2 aliphatic rings. The van der Waals surface area contributed by atoms with Gasteiger partial charge in [-0.2, -0.15) is 0 Å². The van der Waals surface area contributed by atoms with E-state index >= 15 is 0 Å². The summed E-state index contributed by atoms with van der Waals surface area (Å²) in [6.45, 7) is 2.24. The highest BCUT2D eigenvalue weighted by molar-refractivity contribution is 7.88. The minimum absolute atomic E-state index is 0.135. The number of urea groups is 1. The lowest BCUT2D eigenvalue weighted by Gasteiger charge is -2.32. The molecule has 2 amide bonds. The molecule has 0 radical (unpaired) electrons. The first kappa shape index (κ1) is 19.9. The first-order valence-electron chi connectivity index (χ1n) is 9.27. The number of sulfonamides is 1. The Balaban J connectivity index is 1.53. The largest absolute Gasteiger partial charge is 0.491 e. The van der Waals surface area contributed by atoms with Crippen LogP contribution < -0.4 is 14.8 Å². The van der Waals surface area contributed by atoms with Crippen LogP contribution in [-0.2, 0) is 14.8 Å². The molecule has 1 aromatic rings. The van der Waals surface area contributed by atoms with E-state index in [2.05, 4.69) is 10.0 Å². The molecular weight excluding hydrogens is 370 g/mol. The van der Waals surface area contributed by atoms with Crippen molar-refractivity contribution >= 4 is 21.7 Å². The molecule has 8 nitrogen and oxygen atoms in total. The molecule has 3 rings (SSSR count). The van der Waals surface area contributed by atoms with Crippen molar-refractivity contribution in [1.82, 2.24) is 9.62 Å². The number of amides is 2. The van der Waals surface area contributed by atoms with E-state index in [1.807, 2.05) is 12.1 Å². The van der Waals surface area contributed by atoms with E-state index in [-0.39, 0.29) is 18.2 Å². The second-order valence-corrected chi connectivity index (χ2v) is 8.86. The van der Waals surface area contributed by atoms with Gasteiger partial charge in [0.05, 0.1) is 12.4 Å². The predicted octanol–water partition coefficient (Wildman–Crippen LogP) is 1.79. The van der Waals surface area contributed by atoms with Crippen LogP contribution in [0, 0.1) is 0 Å². The summed E-state index contributed by atoms with van der Waals surface area (Å²) in [5.41, 5.74) is 0.642. The fourth-order valence-corrected chi connectivity index (χ4v) is 4.19. The monoisotopic (exact) mass is 397 g/mol. The molecule has 0 spiro atoms. The normalized spacial score (nSPS) is 23.2. The number of hydrogen-bond acceptors (Lipinski definition) is 5. The Morgan fingerprint density at radius 2 is 2.19 bits per heavy atom. The highest BCUT2D eigenvalue weighted by Gasteiger charge is 2.25. The van der Waals surface area contributed by atoms with Crippen LogP contribution in [0.3, 0.4) is 0 Å². The van der Waals surface area contributed by atoms with E-state index < -0.39 is 10.0 Å². The Labute approximate surface area is 160 Å². The molecule has 0 unspecified atom stereocenters. The van der Waals surface area contributed by atoms with Crippen LogP contribution in [0.5, 0.6) is 5.75 Å². The molecule has 0 saturated carbocycles. The maximum atomic E-state index is 12.5. The van der Waals surface area contributed by atoms with Crippen molar-refractivity contribution in [2.45, 2.75) is 37.8 Å². The zero-order valence-corrected chi connectivity index (χ0v) is 16.3. The van der Waals surface area contributed by atoms with Crippen LogP contribution in [0.15, 0.2) is 24.3 Å². The standard InChI is InChI=1S/C18H27N3O5S/c1-27(23,24)20-15-6-3-9-21(12-15)18(22)19-14-5-2-7-16(11-14)26-13-17-8-4-10-25-17/h2,5,7,11,15,17,20H,3-4,6,8-10,12-13H2,1H3,(H,19,22)/t15-,17+/m0/s1. The van der Waals surface area contributed by atoms with Gasteiger partial charge in [0, 0.05) is 37.5 Å². The van der Waals surface area contributed by atoms with Gasteiger partial charge in [-0.1, -0.05) is 6.07 Å². The number of ether oxygens (including phenoxy) is 2. The molecule has 2 atom stereocenters. The van der Waals surface area contributed by atoms with E-state index in [9.17, 15) is 13.2 Å². The molecule has 27 heavy (non-hydrogen) atoms. The van der Waals surface area contributed by atoms with Gasteiger partial charge in [0.15, 0.2) is 0 Å². The number of benzene rings is 1. The fraction of sp³-hybridized carbons (Fsp3) is 0.611. The van der Waals surface area contributed by atoms with Crippen molar-refractivity contribution in [3.63, 3.8) is 0 Å². The van der Waals surface area contributed by atoms with Crippen molar-refractivity contribution in [2.75, 3.05) is 37.9 Å². The molecule has 2 N–H and O–H groups in total. The summed E-state index contributed by atoms with van der Waals surface area (Å²) in [4.78, 5) is 14.2. The number of anilines is 1. The van der Waals surface area contributed by atoms with Crippen LogP contribution in [0.1, 0.15) is 25.7 Å². The second kappa shape index (κ2) is 8.90. The molecular formula is C18H27N3O5S. The Hall–Kier alpha value is -1.84. The van der Waals surface area contributed by atoms with Crippen molar-refractivity contribution in [2.24, 2.45) is 0 Å². The number of rotatable bonds is 6. The van der Waals surface area contributed by atoms with Crippen molar-refractivity contribution in [3.05, 3.63) is 24.3 Å². The first-order valence-corrected chi connectivity index (χ1v) is 11.2. The van der Waals surface area contributed by atoms with Gasteiger partial charge >= 0.3 is 6.03 Å². The third-order valence-corrected chi connectivity index (χ3v) is 5.40. The summed E-state index contributed by atoms with van der Waals surface area (Å²) in [6.07, 6.45) is 4.82. The molecule has 1 aromatic carbocycles. The smallest absolute Gasteiger partial charge is 0.321 e. The van der Waals surface area contributed by atoms with Crippen molar-refractivity contribution < 1.29 is 22.7 Å². The van der Waals surface area contributed by atoms with Crippen molar-refractivity contribution in [1.29, 1.82) is 0 Å². The Morgan fingerprint density at radius 3 is 2.93 bits per heavy atom. The number of piperidine rings is 1. The molecule has 2 aliphatic heterocycles. The highest BCUT2D eigenvalue weighted by atomic mass is 32.2. The van der Waals surface area contributed by atoms with E-state index in [0.29, 0.717) is 31.1 Å². The van der Waals surface area contributed by atoms with Gasteiger partial charge in [0.1, 0.15) is 12.4 Å². The lowest BCUT2D eigenvalue weighted by Crippen LogP contribution is -2.50. The maximum absolute atomic E-state index is 12.5. The number of carbonyl (C=O) groups excluding carboxylic acids is 1. The summed E-state index contributed by atoms with van der Waals surface area (Å²) in [6, 6.07) is 6.75. The van der Waals surface area contributed by atoms with Gasteiger partial charge in [0.2, 0.25) is 10.0 Å². The minimum Gasteiger partial charge on any atom is -0.491 e. The zero-order valence-electron chi connectivity index (χ0n) is 15.5. The molecule has 0 aromatic heterocycles. The predicted molar refractivity (Wildman–Crippen MR) is 103 cm³/mol. The van der Waals surface area contributed by atoms with E-state index in [4.69, 9.17) is 9.47 Å². The van der Waals surface area contributed by atoms with Gasteiger partial charge < -0.3 is 19.7 Å². The summed E-state index contributed by atoms with van der Waals surface area (Å²) >= 11 is 0. The third-order valence-electron chi connectivity index (χ3n) is 4.63. The fourth-order valence-electron chi connectivity index (χ4n) is 3.39. The van der Waals surface area contributed by atoms with Gasteiger partial charge in [-0.05, 0) is 37.8 Å². The summed E-state index contributed by atoms with van der Waals surface area (Å²) < 4.78 is 36.7. The molecule has 150 valence electrons. The quantitative estimate of drug-likeness (QED) is 0.763. The summed E-state index contributed by atoms with van der Waals surface area (Å²) in [7, 11) is -3.29. The molecule has 0 aliphatic carbocycles. The van der Waals surface area contributed by atoms with Crippen LogP contribution in [-0.4, -0.2) is 64.1 Å². The lowest BCUT2D eigenvalue weighted by molar-refractivity contribution is 0.0680. The topological polar surface area (TPSA) is 97.0 Å². The maximum Gasteiger partial charge on any atom is 0.321 e. The number of nitrogens with one attached hydrogen (secondary N) is 2. The summed E-state index contributed by atoms with van der Waals surface area (Å²) in [5.74, 6) is 0.679. The summed E-state index contributed by atoms with van der Waals surface area (Å²) in [5, 5.41) is 2.86. The average molecular weight is 397 g/mol. The average Bonchev–Trinajstić information content (AvgIpc) is 3.13. The van der Waals surface area contributed by atoms with E-state index in [0.717, 1.165) is 38.5 Å². The Bertz CT molecular complexity index is 749. The van der Waals surface area contributed by atoms with Crippen LogP contribution in [0.2, 0.25) is 0 Å². The molecule has 0 bridgehead atoms. The number of hydrogen-bond donors (Lipinski definition) is 2. The first-order chi connectivity index (χ1) is 12.9. The SMILES string of the molecule is CS(=O)(=O)N[C@H]1CCCN(C(=O)Nc2cccc(OC[C@H]3CCCO3)c2)C1. The van der Waals surface area contributed by atoms with E-state index in [1.54, 1.807) is 17.0 Å². The van der Waals surface area contributed by atoms with Crippen LogP contribution in [0.4, 0.5) is 10.5 Å². The van der Waals surface area contributed by atoms with Crippen molar-refractivity contribution in [3.8, 4) is 5.75 Å². The Kier molecular flexibility index (Phi) is 6.56. The molecule has 2 heterocycles. The van der Waals surface area contributed by atoms with Gasteiger partial charge in [-0.25, -0.2) is 17.9 Å². The number of carbonyl (C=O) groups is 1. The van der Waals surface area contributed by atoms with Crippen LogP contribution >= 0.6 is 0 Å². The van der Waals surface area contributed by atoms with Gasteiger partial charge in [0.25, 0.3) is 0 Å². The van der Waals surface area contributed by atoms with Crippen LogP contribution in [0.25, 0.3) is 0 Å². The molecule has 2 saturated heterocycles. The van der Waals surface area contributed by atoms with Gasteiger partial charge in [-0.15, -0.1) is 0 Å². The lowest BCUT2D eigenvalue weighted by atomic mass is 10.1. The molecule has 2 fully saturated rings. The third kappa shape index (κ3) is 6.37. The number of likely N-dealkylation sites (tertiary alicyclic amines) is 1. The van der Waals surface area contributed by atoms with Gasteiger partial charge in [-0.3, -0.25) is 0 Å². The minimum atomic E-state index is -3.29.